The predicted molar refractivity (Wildman–Crippen MR) is 58.8 cm³/mol. The van der Waals surface area contributed by atoms with E-state index < -0.39 is 0 Å². The third-order valence-corrected chi connectivity index (χ3v) is 2.86. The number of nitriles is 1. The largest absolute Gasteiger partial charge is 0.396 e. The number of anilines is 1. The molecule has 1 unspecified atom stereocenters. The molecule has 0 radical (unpaired) electrons. The van der Waals surface area contributed by atoms with Gasteiger partial charge in [0.05, 0.1) is 0 Å². The number of nitrogens with zero attached hydrogens (tertiary/aromatic N) is 4. The van der Waals surface area contributed by atoms with Crippen LogP contribution in [0.1, 0.15) is 18.5 Å². The minimum Gasteiger partial charge on any atom is -0.396 e. The first-order chi connectivity index (χ1) is 7.83. The van der Waals surface area contributed by atoms with E-state index in [1.165, 1.54) is 0 Å². The van der Waals surface area contributed by atoms with Gasteiger partial charge >= 0.3 is 0 Å². The van der Waals surface area contributed by atoms with Crippen LogP contribution in [0, 0.1) is 17.2 Å². The maximum Gasteiger partial charge on any atom is 0.226 e. The SMILES string of the molecule is N#Cc1ccnc(N2CCC(CCO)C2)n1. The quantitative estimate of drug-likeness (QED) is 0.802. The molecule has 0 aromatic carbocycles. The van der Waals surface area contributed by atoms with Crippen LogP contribution in [0.15, 0.2) is 12.3 Å². The van der Waals surface area contributed by atoms with E-state index in [9.17, 15) is 0 Å². The molecule has 0 bridgehead atoms. The van der Waals surface area contributed by atoms with Gasteiger partial charge in [-0.25, -0.2) is 9.97 Å². The summed E-state index contributed by atoms with van der Waals surface area (Å²) in [4.78, 5) is 10.4. The van der Waals surface area contributed by atoms with E-state index in [4.69, 9.17) is 10.4 Å². The first-order valence-corrected chi connectivity index (χ1v) is 5.42. The van der Waals surface area contributed by atoms with Crippen LogP contribution in [0.25, 0.3) is 0 Å². The molecule has 0 aliphatic carbocycles. The lowest BCUT2D eigenvalue weighted by atomic mass is 10.1. The van der Waals surface area contributed by atoms with Gasteiger partial charge in [0.15, 0.2) is 0 Å². The van der Waals surface area contributed by atoms with E-state index >= 15 is 0 Å². The zero-order valence-corrected chi connectivity index (χ0v) is 9.00. The number of hydrogen-bond donors (Lipinski definition) is 1. The number of aromatic nitrogens is 2. The number of hydrogen-bond acceptors (Lipinski definition) is 5. The van der Waals surface area contributed by atoms with Crippen molar-refractivity contribution in [3.05, 3.63) is 18.0 Å². The van der Waals surface area contributed by atoms with Gasteiger partial charge in [-0.2, -0.15) is 5.26 Å². The third kappa shape index (κ3) is 2.28. The van der Waals surface area contributed by atoms with Crippen molar-refractivity contribution >= 4 is 5.95 Å². The van der Waals surface area contributed by atoms with Crippen LogP contribution in [0.2, 0.25) is 0 Å². The van der Waals surface area contributed by atoms with Crippen molar-refractivity contribution in [2.45, 2.75) is 12.8 Å². The van der Waals surface area contributed by atoms with Gasteiger partial charge in [-0.3, -0.25) is 0 Å². The van der Waals surface area contributed by atoms with E-state index in [1.54, 1.807) is 12.3 Å². The van der Waals surface area contributed by atoms with Crippen LogP contribution in [0.3, 0.4) is 0 Å². The molecule has 1 aliphatic heterocycles. The summed E-state index contributed by atoms with van der Waals surface area (Å²) in [5.74, 6) is 1.14. The van der Waals surface area contributed by atoms with Crippen LogP contribution in [-0.2, 0) is 0 Å². The molecular formula is C11H14N4O. The smallest absolute Gasteiger partial charge is 0.226 e. The fourth-order valence-electron chi connectivity index (χ4n) is 2.00. The molecule has 0 saturated carbocycles. The summed E-state index contributed by atoms with van der Waals surface area (Å²) in [6.45, 7) is 2.01. The van der Waals surface area contributed by atoms with Crippen molar-refractivity contribution < 1.29 is 5.11 Å². The summed E-state index contributed by atoms with van der Waals surface area (Å²) >= 11 is 0. The van der Waals surface area contributed by atoms with Crippen LogP contribution < -0.4 is 4.90 Å². The minimum absolute atomic E-state index is 0.234. The molecule has 1 aromatic heterocycles. The molecule has 1 aliphatic rings. The fraction of sp³-hybridized carbons (Fsp3) is 0.545. The van der Waals surface area contributed by atoms with Gasteiger partial charge in [0.1, 0.15) is 11.8 Å². The maximum absolute atomic E-state index is 8.87. The molecule has 0 spiro atoms. The van der Waals surface area contributed by atoms with Crippen LogP contribution in [-0.4, -0.2) is 34.8 Å². The van der Waals surface area contributed by atoms with Gasteiger partial charge in [-0.05, 0) is 24.8 Å². The topological polar surface area (TPSA) is 73.0 Å². The van der Waals surface area contributed by atoms with Gasteiger partial charge in [-0.15, -0.1) is 0 Å². The molecule has 1 aromatic rings. The number of aliphatic hydroxyl groups is 1. The van der Waals surface area contributed by atoms with Gasteiger partial charge in [-0.1, -0.05) is 0 Å². The highest BCUT2D eigenvalue weighted by Crippen LogP contribution is 2.22. The van der Waals surface area contributed by atoms with Gasteiger partial charge in [0.2, 0.25) is 5.95 Å². The highest BCUT2D eigenvalue weighted by Gasteiger charge is 2.23. The summed E-state index contributed by atoms with van der Waals surface area (Å²) in [6, 6.07) is 3.61. The van der Waals surface area contributed by atoms with Gasteiger partial charge in [0, 0.05) is 25.9 Å². The van der Waals surface area contributed by atoms with Crippen molar-refractivity contribution in [1.82, 2.24) is 9.97 Å². The summed E-state index contributed by atoms with van der Waals surface area (Å²) in [5.41, 5.74) is 0.399. The zero-order valence-electron chi connectivity index (χ0n) is 9.00. The zero-order chi connectivity index (χ0) is 11.4. The monoisotopic (exact) mass is 218 g/mol. The summed E-state index contributed by atoms with van der Waals surface area (Å²) in [7, 11) is 0. The van der Waals surface area contributed by atoms with Crippen molar-refractivity contribution in [1.29, 1.82) is 5.26 Å². The normalized spacial score (nSPS) is 19.8. The fourth-order valence-corrected chi connectivity index (χ4v) is 2.00. The van der Waals surface area contributed by atoms with Crippen molar-refractivity contribution in [3.8, 4) is 6.07 Å². The molecule has 5 nitrogen and oxygen atoms in total. The Bertz CT molecular complexity index is 401. The average Bonchev–Trinajstić information content (AvgIpc) is 2.78. The Balaban J connectivity index is 2.06. The molecule has 5 heteroatoms. The Morgan fingerprint density at radius 2 is 2.50 bits per heavy atom. The molecule has 16 heavy (non-hydrogen) atoms. The minimum atomic E-state index is 0.234. The summed E-state index contributed by atoms with van der Waals surface area (Å²) < 4.78 is 0. The first-order valence-electron chi connectivity index (χ1n) is 5.42. The van der Waals surface area contributed by atoms with E-state index in [-0.39, 0.29) is 6.61 Å². The van der Waals surface area contributed by atoms with Crippen LogP contribution >= 0.6 is 0 Å². The third-order valence-electron chi connectivity index (χ3n) is 2.86. The predicted octanol–water partition coefficient (Wildman–Crippen LogP) is 0.557. The lowest BCUT2D eigenvalue weighted by Gasteiger charge is -2.15. The van der Waals surface area contributed by atoms with Crippen molar-refractivity contribution in [2.24, 2.45) is 5.92 Å². The lowest BCUT2D eigenvalue weighted by molar-refractivity contribution is 0.263. The highest BCUT2D eigenvalue weighted by atomic mass is 16.3. The van der Waals surface area contributed by atoms with E-state index in [0.717, 1.165) is 25.9 Å². The van der Waals surface area contributed by atoms with Crippen LogP contribution in [0.5, 0.6) is 0 Å². The Morgan fingerprint density at radius 3 is 3.25 bits per heavy atom. The van der Waals surface area contributed by atoms with Gasteiger partial charge in [0.25, 0.3) is 0 Å². The number of rotatable bonds is 3. The molecule has 84 valence electrons. The summed E-state index contributed by atoms with van der Waals surface area (Å²) in [6.07, 6.45) is 3.50. The summed E-state index contributed by atoms with van der Waals surface area (Å²) in [5, 5.41) is 17.6. The Labute approximate surface area is 94.4 Å². The molecule has 2 heterocycles. The maximum atomic E-state index is 8.87. The van der Waals surface area contributed by atoms with E-state index in [0.29, 0.717) is 17.6 Å². The molecule has 1 N–H and O–H groups in total. The standard InChI is InChI=1S/C11H14N4O/c12-7-10-1-4-13-11(14-10)15-5-2-9(8-15)3-6-16/h1,4,9,16H,2-3,5-6,8H2. The lowest BCUT2D eigenvalue weighted by Crippen LogP contribution is -2.22. The number of aliphatic hydroxyl groups excluding tert-OH is 1. The Hall–Kier alpha value is -1.67. The molecular weight excluding hydrogens is 204 g/mol. The second-order valence-corrected chi connectivity index (χ2v) is 3.97. The second kappa shape index (κ2) is 4.90. The first kappa shape index (κ1) is 10.8. The Morgan fingerprint density at radius 1 is 1.62 bits per heavy atom. The van der Waals surface area contributed by atoms with Gasteiger partial charge < -0.3 is 10.0 Å². The second-order valence-electron chi connectivity index (χ2n) is 3.97. The van der Waals surface area contributed by atoms with Crippen LogP contribution in [0.4, 0.5) is 5.95 Å². The molecule has 0 amide bonds. The van der Waals surface area contributed by atoms with Crippen molar-refractivity contribution in [2.75, 3.05) is 24.6 Å². The molecule has 1 saturated heterocycles. The van der Waals surface area contributed by atoms with E-state index in [2.05, 4.69) is 14.9 Å². The van der Waals surface area contributed by atoms with E-state index in [1.807, 2.05) is 6.07 Å². The average molecular weight is 218 g/mol. The Kier molecular flexibility index (Phi) is 3.32. The molecule has 2 rings (SSSR count). The molecule has 1 fully saturated rings. The molecule has 1 atom stereocenters. The van der Waals surface area contributed by atoms with Crippen molar-refractivity contribution in [3.63, 3.8) is 0 Å². The highest BCUT2D eigenvalue weighted by molar-refractivity contribution is 5.34.